The normalized spacial score (nSPS) is 10.4. The highest BCUT2D eigenvalue weighted by Gasteiger charge is 2.06. The average molecular weight is 249 g/mol. The summed E-state index contributed by atoms with van der Waals surface area (Å²) < 4.78 is 0. The van der Waals surface area contributed by atoms with Gasteiger partial charge in [-0.25, -0.2) is 14.8 Å². The summed E-state index contributed by atoms with van der Waals surface area (Å²) in [5.41, 5.74) is 0.912. The van der Waals surface area contributed by atoms with E-state index in [0.717, 1.165) is 10.6 Å². The molecule has 0 aromatic carbocycles. The molecule has 0 unspecified atom stereocenters. The van der Waals surface area contributed by atoms with Crippen LogP contribution in [0.15, 0.2) is 30.7 Å². The molecule has 0 bridgehead atoms. The van der Waals surface area contributed by atoms with Crippen molar-refractivity contribution in [1.82, 2.24) is 15.3 Å². The van der Waals surface area contributed by atoms with E-state index >= 15 is 0 Å². The van der Waals surface area contributed by atoms with Gasteiger partial charge in [0.2, 0.25) is 0 Å². The highest BCUT2D eigenvalue weighted by atomic mass is 32.1. The predicted octanol–water partition coefficient (Wildman–Crippen LogP) is 1.53. The fourth-order valence-corrected chi connectivity index (χ4v) is 2.14. The lowest BCUT2D eigenvalue weighted by Gasteiger charge is -2.01. The van der Waals surface area contributed by atoms with Gasteiger partial charge in [-0.3, -0.25) is 0 Å². The number of aromatic carboxylic acids is 1. The molecule has 5 nitrogen and oxygen atoms in total. The second-order valence-electron chi connectivity index (χ2n) is 3.38. The van der Waals surface area contributed by atoms with Gasteiger partial charge in [-0.2, -0.15) is 0 Å². The molecule has 2 aromatic heterocycles. The first-order chi connectivity index (χ1) is 8.25. The minimum atomic E-state index is -0.878. The van der Waals surface area contributed by atoms with Gasteiger partial charge < -0.3 is 10.4 Å². The Kier molecular flexibility index (Phi) is 3.79. The van der Waals surface area contributed by atoms with Crippen molar-refractivity contribution < 1.29 is 9.90 Å². The van der Waals surface area contributed by atoms with Gasteiger partial charge in [0.1, 0.15) is 11.2 Å². The van der Waals surface area contributed by atoms with Crippen molar-refractivity contribution in [2.45, 2.75) is 13.1 Å². The number of rotatable bonds is 5. The van der Waals surface area contributed by atoms with Crippen molar-refractivity contribution in [3.8, 4) is 0 Å². The molecule has 2 heterocycles. The lowest BCUT2D eigenvalue weighted by molar-refractivity contribution is 0.0702. The first kappa shape index (κ1) is 11.7. The van der Waals surface area contributed by atoms with Gasteiger partial charge in [-0.05, 0) is 18.2 Å². The van der Waals surface area contributed by atoms with E-state index in [0.29, 0.717) is 18.0 Å². The number of carbonyl (C=O) groups is 1. The van der Waals surface area contributed by atoms with Crippen LogP contribution < -0.4 is 5.32 Å². The molecule has 0 saturated carbocycles. The van der Waals surface area contributed by atoms with Gasteiger partial charge in [0.05, 0.1) is 5.69 Å². The molecule has 0 amide bonds. The van der Waals surface area contributed by atoms with Crippen molar-refractivity contribution in [2.24, 2.45) is 0 Å². The molecule has 2 N–H and O–H groups in total. The van der Waals surface area contributed by atoms with E-state index in [1.165, 1.54) is 17.7 Å². The Labute approximate surface area is 102 Å². The van der Waals surface area contributed by atoms with Crippen molar-refractivity contribution in [3.05, 3.63) is 46.2 Å². The number of hydrogen-bond donors (Lipinski definition) is 2. The number of nitrogens with one attached hydrogen (secondary N) is 1. The van der Waals surface area contributed by atoms with Crippen LogP contribution in [0.5, 0.6) is 0 Å². The van der Waals surface area contributed by atoms with Crippen molar-refractivity contribution in [2.75, 3.05) is 0 Å². The van der Waals surface area contributed by atoms with Crippen LogP contribution in [0.25, 0.3) is 0 Å². The van der Waals surface area contributed by atoms with E-state index in [2.05, 4.69) is 15.3 Å². The summed E-state index contributed by atoms with van der Waals surface area (Å²) in [5, 5.41) is 12.0. The summed E-state index contributed by atoms with van der Waals surface area (Å²) >= 11 is 1.28. The Hall–Kier alpha value is -1.79. The number of aromatic nitrogens is 2. The Morgan fingerprint density at radius 2 is 2.24 bits per heavy atom. The van der Waals surface area contributed by atoms with Crippen molar-refractivity contribution in [3.63, 3.8) is 0 Å². The van der Waals surface area contributed by atoms with Crippen LogP contribution in [-0.2, 0) is 13.1 Å². The van der Waals surface area contributed by atoms with Gasteiger partial charge in [-0.15, -0.1) is 11.3 Å². The number of carboxylic acid groups (broad SMARTS) is 1. The maximum absolute atomic E-state index is 10.7. The number of carboxylic acids is 1. The summed E-state index contributed by atoms with van der Waals surface area (Å²) in [6, 6.07) is 5.28. The smallest absolute Gasteiger partial charge is 0.345 e. The van der Waals surface area contributed by atoms with Crippen LogP contribution in [0.1, 0.15) is 20.2 Å². The molecule has 0 aliphatic rings. The molecule has 0 aliphatic heterocycles. The van der Waals surface area contributed by atoms with E-state index in [4.69, 9.17) is 5.11 Å². The van der Waals surface area contributed by atoms with E-state index in [-0.39, 0.29) is 0 Å². The summed E-state index contributed by atoms with van der Waals surface area (Å²) in [6.07, 6.45) is 3.20. The topological polar surface area (TPSA) is 75.1 Å². The average Bonchev–Trinajstić information content (AvgIpc) is 2.79. The lowest BCUT2D eigenvalue weighted by atomic mass is 10.4. The predicted molar refractivity (Wildman–Crippen MR) is 63.9 cm³/mol. The van der Waals surface area contributed by atoms with Crippen LogP contribution in [-0.4, -0.2) is 21.0 Å². The quantitative estimate of drug-likeness (QED) is 0.840. The second-order valence-corrected chi connectivity index (χ2v) is 4.54. The zero-order chi connectivity index (χ0) is 12.1. The largest absolute Gasteiger partial charge is 0.477 e. The molecule has 17 heavy (non-hydrogen) atoms. The summed E-state index contributed by atoms with van der Waals surface area (Å²) in [6.45, 7) is 1.28. The van der Waals surface area contributed by atoms with Gasteiger partial charge in [0, 0.05) is 24.2 Å². The van der Waals surface area contributed by atoms with Gasteiger partial charge in [0.25, 0.3) is 0 Å². The van der Waals surface area contributed by atoms with Gasteiger partial charge in [0.15, 0.2) is 0 Å². The summed E-state index contributed by atoms with van der Waals surface area (Å²) in [4.78, 5) is 20.0. The fourth-order valence-electron chi connectivity index (χ4n) is 1.32. The molecule has 0 spiro atoms. The third-order valence-electron chi connectivity index (χ3n) is 2.12. The summed E-state index contributed by atoms with van der Waals surface area (Å²) in [7, 11) is 0. The fraction of sp³-hybridized carbons (Fsp3) is 0.182. The van der Waals surface area contributed by atoms with Crippen LogP contribution in [0.3, 0.4) is 0 Å². The number of nitrogens with zero attached hydrogens (tertiary/aromatic N) is 2. The van der Waals surface area contributed by atoms with E-state index in [9.17, 15) is 4.79 Å². The molecule has 0 radical (unpaired) electrons. The molecule has 0 fully saturated rings. The highest BCUT2D eigenvalue weighted by molar-refractivity contribution is 7.13. The van der Waals surface area contributed by atoms with Crippen LogP contribution in [0, 0.1) is 0 Å². The van der Waals surface area contributed by atoms with E-state index in [1.807, 2.05) is 12.1 Å². The highest BCUT2D eigenvalue weighted by Crippen LogP contribution is 2.16. The van der Waals surface area contributed by atoms with Gasteiger partial charge >= 0.3 is 5.97 Å². The van der Waals surface area contributed by atoms with Crippen LogP contribution >= 0.6 is 11.3 Å². The molecule has 2 rings (SSSR count). The molecule has 0 aliphatic carbocycles. The number of hydrogen-bond acceptors (Lipinski definition) is 5. The molecule has 0 saturated heterocycles. The minimum absolute atomic E-state index is 0.365. The van der Waals surface area contributed by atoms with Crippen LogP contribution in [0.4, 0.5) is 0 Å². The van der Waals surface area contributed by atoms with Gasteiger partial charge in [-0.1, -0.05) is 0 Å². The molecular formula is C11H11N3O2S. The Bertz CT molecular complexity index is 498. The molecule has 0 atom stereocenters. The minimum Gasteiger partial charge on any atom is -0.477 e. The Morgan fingerprint density at radius 3 is 2.88 bits per heavy atom. The van der Waals surface area contributed by atoms with E-state index < -0.39 is 5.97 Å². The zero-order valence-electron chi connectivity index (χ0n) is 8.96. The first-order valence-corrected chi connectivity index (χ1v) is 5.85. The second kappa shape index (κ2) is 5.51. The first-order valence-electron chi connectivity index (χ1n) is 5.03. The molecular weight excluding hydrogens is 238 g/mol. The Balaban J connectivity index is 1.84. The van der Waals surface area contributed by atoms with E-state index in [1.54, 1.807) is 12.3 Å². The van der Waals surface area contributed by atoms with Crippen molar-refractivity contribution in [1.29, 1.82) is 0 Å². The maximum atomic E-state index is 10.7. The lowest BCUT2D eigenvalue weighted by Crippen LogP contribution is -2.12. The standard InChI is InChI=1S/C11H11N3O2S/c15-11(16)10-2-1-9(17-10)6-13-5-8-3-4-12-7-14-8/h1-4,7,13H,5-6H2,(H,15,16). The third-order valence-corrected chi connectivity index (χ3v) is 3.19. The molecule has 6 heteroatoms. The number of thiophene rings is 1. The Morgan fingerprint density at radius 1 is 1.35 bits per heavy atom. The van der Waals surface area contributed by atoms with Crippen molar-refractivity contribution >= 4 is 17.3 Å². The zero-order valence-corrected chi connectivity index (χ0v) is 9.78. The third kappa shape index (κ3) is 3.33. The SMILES string of the molecule is O=C(O)c1ccc(CNCc2ccncn2)s1. The summed E-state index contributed by atoms with van der Waals surface area (Å²) in [5.74, 6) is -0.878. The molecule has 2 aromatic rings. The monoisotopic (exact) mass is 249 g/mol. The molecule has 88 valence electrons. The maximum Gasteiger partial charge on any atom is 0.345 e. The van der Waals surface area contributed by atoms with Crippen LogP contribution in [0.2, 0.25) is 0 Å².